The maximum absolute atomic E-state index is 5.22. The SMILES string of the molecule is CCCCCCC(Cc1ccc(OC)cc1)CN(C)C. The van der Waals surface area contributed by atoms with Crippen molar-refractivity contribution in [2.24, 2.45) is 5.92 Å². The van der Waals surface area contributed by atoms with Crippen LogP contribution in [0.2, 0.25) is 0 Å². The summed E-state index contributed by atoms with van der Waals surface area (Å²) >= 11 is 0. The van der Waals surface area contributed by atoms with E-state index in [1.807, 2.05) is 0 Å². The van der Waals surface area contributed by atoms with Crippen LogP contribution in [0.15, 0.2) is 24.3 Å². The summed E-state index contributed by atoms with van der Waals surface area (Å²) in [4.78, 5) is 2.31. The lowest BCUT2D eigenvalue weighted by molar-refractivity contribution is 0.303. The number of hydrogen-bond acceptors (Lipinski definition) is 2. The minimum atomic E-state index is 0.759. The maximum atomic E-state index is 5.22. The van der Waals surface area contributed by atoms with Crippen molar-refractivity contribution in [3.8, 4) is 5.75 Å². The standard InChI is InChI=1S/C18H31NO/c1-5-6-7-8-9-17(15-19(2)3)14-16-10-12-18(20-4)13-11-16/h10-13,17H,5-9,14-15H2,1-4H3. The van der Waals surface area contributed by atoms with Crippen LogP contribution in [0.25, 0.3) is 0 Å². The van der Waals surface area contributed by atoms with Crippen LogP contribution in [-0.4, -0.2) is 32.6 Å². The molecule has 0 saturated heterocycles. The number of hydrogen-bond donors (Lipinski definition) is 0. The molecule has 20 heavy (non-hydrogen) atoms. The fourth-order valence-electron chi connectivity index (χ4n) is 2.73. The number of benzene rings is 1. The number of ether oxygens (including phenoxy) is 1. The Labute approximate surface area is 125 Å². The Morgan fingerprint density at radius 3 is 2.30 bits per heavy atom. The Hall–Kier alpha value is -1.02. The largest absolute Gasteiger partial charge is 0.497 e. The first-order chi connectivity index (χ1) is 9.65. The molecule has 1 aromatic rings. The van der Waals surface area contributed by atoms with Crippen LogP contribution in [0, 0.1) is 5.92 Å². The summed E-state index contributed by atoms with van der Waals surface area (Å²) in [7, 11) is 6.07. The second-order valence-corrected chi connectivity index (χ2v) is 6.03. The van der Waals surface area contributed by atoms with E-state index in [4.69, 9.17) is 4.74 Å². The quantitative estimate of drug-likeness (QED) is 0.588. The zero-order chi connectivity index (χ0) is 14.8. The number of nitrogens with zero attached hydrogens (tertiary/aromatic N) is 1. The predicted molar refractivity (Wildman–Crippen MR) is 87.5 cm³/mol. The van der Waals surface area contributed by atoms with E-state index in [9.17, 15) is 0 Å². The lowest BCUT2D eigenvalue weighted by atomic mass is 9.93. The van der Waals surface area contributed by atoms with Crippen LogP contribution in [0.3, 0.4) is 0 Å². The molecule has 0 radical (unpaired) electrons. The summed E-state index contributed by atoms with van der Waals surface area (Å²) < 4.78 is 5.22. The molecule has 0 aliphatic carbocycles. The molecule has 2 nitrogen and oxygen atoms in total. The average molecular weight is 277 g/mol. The van der Waals surface area contributed by atoms with E-state index in [0.717, 1.165) is 11.7 Å². The number of unbranched alkanes of at least 4 members (excludes halogenated alkanes) is 3. The monoisotopic (exact) mass is 277 g/mol. The second kappa shape index (κ2) is 9.82. The molecule has 0 saturated carbocycles. The molecule has 0 N–H and O–H groups in total. The van der Waals surface area contributed by atoms with E-state index in [2.05, 4.69) is 50.2 Å². The van der Waals surface area contributed by atoms with Gasteiger partial charge < -0.3 is 9.64 Å². The molecular weight excluding hydrogens is 246 g/mol. The normalized spacial score (nSPS) is 12.7. The topological polar surface area (TPSA) is 12.5 Å². The minimum Gasteiger partial charge on any atom is -0.497 e. The number of methoxy groups -OCH3 is 1. The van der Waals surface area contributed by atoms with Gasteiger partial charge in [-0.3, -0.25) is 0 Å². The van der Waals surface area contributed by atoms with Crippen molar-refractivity contribution in [1.82, 2.24) is 4.90 Å². The van der Waals surface area contributed by atoms with Gasteiger partial charge in [-0.1, -0.05) is 44.7 Å². The Morgan fingerprint density at radius 1 is 1.05 bits per heavy atom. The molecule has 1 rings (SSSR count). The molecular formula is C18H31NO. The third-order valence-corrected chi connectivity index (χ3v) is 3.77. The Morgan fingerprint density at radius 2 is 1.75 bits per heavy atom. The van der Waals surface area contributed by atoms with E-state index in [-0.39, 0.29) is 0 Å². The van der Waals surface area contributed by atoms with Gasteiger partial charge in [-0.2, -0.15) is 0 Å². The minimum absolute atomic E-state index is 0.759. The van der Waals surface area contributed by atoms with Gasteiger partial charge in [0.1, 0.15) is 5.75 Å². The molecule has 0 spiro atoms. The molecule has 1 aromatic carbocycles. The average Bonchev–Trinajstić information content (AvgIpc) is 2.43. The van der Waals surface area contributed by atoms with Gasteiger partial charge in [-0.25, -0.2) is 0 Å². The molecule has 0 aromatic heterocycles. The van der Waals surface area contributed by atoms with Gasteiger partial charge >= 0.3 is 0 Å². The molecule has 0 aliphatic rings. The first kappa shape index (κ1) is 17.0. The van der Waals surface area contributed by atoms with Crippen LogP contribution in [0.4, 0.5) is 0 Å². The first-order valence-corrected chi connectivity index (χ1v) is 7.93. The fourth-order valence-corrected chi connectivity index (χ4v) is 2.73. The molecule has 2 heteroatoms. The van der Waals surface area contributed by atoms with Gasteiger partial charge in [0.2, 0.25) is 0 Å². The Kier molecular flexibility index (Phi) is 8.36. The molecule has 114 valence electrons. The van der Waals surface area contributed by atoms with Crippen LogP contribution < -0.4 is 4.74 Å². The molecule has 1 atom stereocenters. The van der Waals surface area contributed by atoms with Crippen LogP contribution in [0.1, 0.15) is 44.6 Å². The zero-order valence-electron chi connectivity index (χ0n) is 13.7. The van der Waals surface area contributed by atoms with Gasteiger partial charge in [0, 0.05) is 6.54 Å². The highest BCUT2D eigenvalue weighted by Crippen LogP contribution is 2.19. The Bertz CT molecular complexity index is 345. The van der Waals surface area contributed by atoms with Gasteiger partial charge in [-0.05, 0) is 50.6 Å². The predicted octanol–water partition coefficient (Wildman–Crippen LogP) is 4.39. The van der Waals surface area contributed by atoms with Crippen molar-refractivity contribution in [2.45, 2.75) is 45.4 Å². The highest BCUT2D eigenvalue weighted by atomic mass is 16.5. The van der Waals surface area contributed by atoms with Crippen molar-refractivity contribution >= 4 is 0 Å². The van der Waals surface area contributed by atoms with Crippen molar-refractivity contribution in [3.63, 3.8) is 0 Å². The van der Waals surface area contributed by atoms with Crippen molar-refractivity contribution in [2.75, 3.05) is 27.7 Å². The summed E-state index contributed by atoms with van der Waals surface area (Å²) in [6, 6.07) is 8.54. The van der Waals surface area contributed by atoms with Crippen molar-refractivity contribution in [1.29, 1.82) is 0 Å². The highest BCUT2D eigenvalue weighted by Gasteiger charge is 2.11. The first-order valence-electron chi connectivity index (χ1n) is 7.93. The summed E-state index contributed by atoms with van der Waals surface area (Å²) in [6.45, 7) is 3.45. The van der Waals surface area contributed by atoms with E-state index >= 15 is 0 Å². The lowest BCUT2D eigenvalue weighted by Crippen LogP contribution is -2.23. The Balaban J connectivity index is 2.49. The molecule has 0 bridgehead atoms. The third kappa shape index (κ3) is 6.95. The molecule has 0 heterocycles. The van der Waals surface area contributed by atoms with E-state index in [1.165, 1.54) is 50.6 Å². The van der Waals surface area contributed by atoms with Gasteiger partial charge in [0.25, 0.3) is 0 Å². The van der Waals surface area contributed by atoms with Crippen LogP contribution in [0.5, 0.6) is 5.75 Å². The van der Waals surface area contributed by atoms with E-state index in [1.54, 1.807) is 7.11 Å². The van der Waals surface area contributed by atoms with Crippen LogP contribution in [-0.2, 0) is 6.42 Å². The van der Waals surface area contributed by atoms with Gasteiger partial charge in [0.15, 0.2) is 0 Å². The number of rotatable bonds is 10. The van der Waals surface area contributed by atoms with Gasteiger partial charge in [-0.15, -0.1) is 0 Å². The zero-order valence-corrected chi connectivity index (χ0v) is 13.7. The maximum Gasteiger partial charge on any atom is 0.118 e. The third-order valence-electron chi connectivity index (χ3n) is 3.77. The molecule has 1 unspecified atom stereocenters. The second-order valence-electron chi connectivity index (χ2n) is 6.03. The fraction of sp³-hybridized carbons (Fsp3) is 0.667. The smallest absolute Gasteiger partial charge is 0.118 e. The summed E-state index contributed by atoms with van der Waals surface area (Å²) in [5.74, 6) is 1.70. The lowest BCUT2D eigenvalue weighted by Gasteiger charge is -2.21. The summed E-state index contributed by atoms with van der Waals surface area (Å²) in [6.07, 6.45) is 7.94. The summed E-state index contributed by atoms with van der Waals surface area (Å²) in [5, 5.41) is 0. The summed E-state index contributed by atoms with van der Waals surface area (Å²) in [5.41, 5.74) is 1.42. The van der Waals surface area contributed by atoms with Crippen molar-refractivity contribution < 1.29 is 4.74 Å². The van der Waals surface area contributed by atoms with E-state index in [0.29, 0.717) is 0 Å². The van der Waals surface area contributed by atoms with E-state index < -0.39 is 0 Å². The molecule has 0 fully saturated rings. The molecule has 0 amide bonds. The van der Waals surface area contributed by atoms with Gasteiger partial charge in [0.05, 0.1) is 7.11 Å². The molecule has 0 aliphatic heterocycles. The van der Waals surface area contributed by atoms with Crippen LogP contribution >= 0.6 is 0 Å². The highest BCUT2D eigenvalue weighted by molar-refractivity contribution is 5.27. The van der Waals surface area contributed by atoms with Crippen molar-refractivity contribution in [3.05, 3.63) is 29.8 Å².